The molecule has 1 N–H and O–H groups in total. The number of benzene rings is 1. The molecule has 1 fully saturated rings. The maximum atomic E-state index is 4.79. The number of nitrogens with one attached hydrogen (secondary N) is 1. The van der Waals surface area contributed by atoms with Crippen LogP contribution in [0.5, 0.6) is 0 Å². The lowest BCUT2D eigenvalue weighted by molar-refractivity contribution is -0.565. The molecule has 5 nitrogen and oxygen atoms in total. The Kier molecular flexibility index (Phi) is 3.50. The van der Waals surface area contributed by atoms with Crippen LogP contribution in [0.2, 0.25) is 0 Å². The topological polar surface area (TPSA) is 39.3 Å². The highest BCUT2D eigenvalue weighted by molar-refractivity contribution is 5.63. The lowest BCUT2D eigenvalue weighted by Crippen LogP contribution is -2.38. The van der Waals surface area contributed by atoms with Crippen LogP contribution in [-0.2, 0) is 0 Å². The van der Waals surface area contributed by atoms with Gasteiger partial charge in [-0.3, -0.25) is 10.00 Å². The molecule has 1 aromatic carbocycles. The molecule has 4 rings (SSSR count). The zero-order valence-corrected chi connectivity index (χ0v) is 13.6. The lowest BCUT2D eigenvalue weighted by atomic mass is 10.1. The van der Waals surface area contributed by atoms with Crippen molar-refractivity contribution in [3.63, 3.8) is 0 Å². The Balaban J connectivity index is 1.78. The first-order chi connectivity index (χ1) is 11.2. The minimum atomic E-state index is 0.606. The Labute approximate surface area is 136 Å². The van der Waals surface area contributed by atoms with E-state index in [1.54, 1.807) is 0 Å². The van der Waals surface area contributed by atoms with Crippen molar-refractivity contribution >= 4 is 11.5 Å². The van der Waals surface area contributed by atoms with E-state index in [-0.39, 0.29) is 0 Å². The zero-order valence-electron chi connectivity index (χ0n) is 13.6. The summed E-state index contributed by atoms with van der Waals surface area (Å²) in [5, 5.41) is 3.29. The van der Waals surface area contributed by atoms with Crippen molar-refractivity contribution in [3.8, 4) is 11.3 Å². The number of nitrogens with zero attached hydrogens (tertiary/aromatic N) is 4. The Morgan fingerprint density at radius 3 is 2.78 bits per heavy atom. The van der Waals surface area contributed by atoms with E-state index in [1.807, 2.05) is 18.3 Å². The first kappa shape index (κ1) is 14.2. The molecule has 0 bridgehead atoms. The molecule has 2 aromatic heterocycles. The van der Waals surface area contributed by atoms with Crippen molar-refractivity contribution in [2.75, 3.05) is 32.1 Å². The van der Waals surface area contributed by atoms with Crippen molar-refractivity contribution in [2.24, 2.45) is 0 Å². The molecular weight excluding hydrogens is 286 g/mol. The molecule has 1 saturated heterocycles. The summed E-state index contributed by atoms with van der Waals surface area (Å²) in [5.41, 5.74) is 3.13. The van der Waals surface area contributed by atoms with Gasteiger partial charge in [-0.2, -0.15) is 0 Å². The van der Waals surface area contributed by atoms with Gasteiger partial charge in [0.05, 0.1) is 19.2 Å². The fourth-order valence-corrected chi connectivity index (χ4v) is 3.30. The minimum Gasteiger partial charge on any atom is -0.303 e. The third kappa shape index (κ3) is 2.57. The summed E-state index contributed by atoms with van der Waals surface area (Å²) in [6.07, 6.45) is 3.14. The number of rotatable bonds is 3. The number of hydrogen-bond donors (Lipinski definition) is 1. The second-order valence-corrected chi connectivity index (χ2v) is 6.37. The second-order valence-electron chi connectivity index (χ2n) is 6.37. The molecular formula is C18H22N5+. The summed E-state index contributed by atoms with van der Waals surface area (Å²) in [4.78, 5) is 9.55. The number of aromatic nitrogens is 3. The fraction of sp³-hybridized carbons (Fsp3) is 0.333. The van der Waals surface area contributed by atoms with E-state index in [9.17, 15) is 0 Å². The van der Waals surface area contributed by atoms with E-state index in [0.29, 0.717) is 6.04 Å². The number of likely N-dealkylation sites (N-methyl/N-ethyl adjacent to an activating group) is 1. The maximum Gasteiger partial charge on any atom is 0.286 e. The van der Waals surface area contributed by atoms with Gasteiger partial charge in [-0.05, 0) is 20.5 Å². The minimum absolute atomic E-state index is 0.606. The molecule has 1 aliphatic heterocycles. The maximum absolute atomic E-state index is 4.79. The second kappa shape index (κ2) is 5.66. The van der Waals surface area contributed by atoms with Crippen LogP contribution < -0.4 is 9.42 Å². The molecule has 1 aliphatic rings. The van der Waals surface area contributed by atoms with Gasteiger partial charge in [-0.25, -0.2) is 0 Å². The Hall–Kier alpha value is -2.40. The third-order valence-electron chi connectivity index (χ3n) is 4.68. The van der Waals surface area contributed by atoms with E-state index < -0.39 is 0 Å². The van der Waals surface area contributed by atoms with Gasteiger partial charge in [-0.1, -0.05) is 30.3 Å². The predicted molar refractivity (Wildman–Crippen MR) is 91.5 cm³/mol. The van der Waals surface area contributed by atoms with Gasteiger partial charge in [0, 0.05) is 23.9 Å². The normalized spacial score (nSPS) is 18.2. The SMILES string of the molecule is CN(C)[C@@H]1CCN(c2cc(-c3ccccc3)nc3cc[nH][n+]23)C1. The van der Waals surface area contributed by atoms with Gasteiger partial charge < -0.3 is 4.90 Å². The number of aromatic amines is 1. The standard InChI is InChI=1S/C18H21N5/c1-21(2)15-9-11-22(13-15)18-12-16(14-6-4-3-5-7-14)20-17-8-10-19-23(17)18/h3-8,10,12,15H,9,11,13H2,1-2H3/p+1/t15-/m1/s1. The van der Waals surface area contributed by atoms with E-state index >= 15 is 0 Å². The van der Waals surface area contributed by atoms with Crippen LogP contribution >= 0.6 is 0 Å². The van der Waals surface area contributed by atoms with Gasteiger partial charge in [0.15, 0.2) is 5.69 Å². The quantitative estimate of drug-likeness (QED) is 0.752. The summed E-state index contributed by atoms with van der Waals surface area (Å²) in [6.45, 7) is 2.12. The predicted octanol–water partition coefficient (Wildman–Crippen LogP) is 1.96. The average Bonchev–Trinajstić information content (AvgIpc) is 3.24. The molecule has 5 heteroatoms. The zero-order chi connectivity index (χ0) is 15.8. The molecule has 23 heavy (non-hydrogen) atoms. The summed E-state index contributed by atoms with van der Waals surface area (Å²) in [6, 6.07) is 15.2. The van der Waals surface area contributed by atoms with E-state index in [4.69, 9.17) is 4.98 Å². The molecule has 0 aliphatic carbocycles. The molecule has 118 valence electrons. The smallest absolute Gasteiger partial charge is 0.286 e. The number of hydrogen-bond acceptors (Lipinski definition) is 3. The van der Waals surface area contributed by atoms with Crippen LogP contribution in [0.4, 0.5) is 5.82 Å². The van der Waals surface area contributed by atoms with Crippen LogP contribution in [0, 0.1) is 0 Å². The number of anilines is 1. The molecule has 0 spiro atoms. The lowest BCUT2D eigenvalue weighted by Gasteiger charge is -2.18. The Bertz CT molecular complexity index is 809. The highest BCUT2D eigenvalue weighted by atomic mass is 15.4. The van der Waals surface area contributed by atoms with Crippen molar-refractivity contribution in [1.29, 1.82) is 0 Å². The van der Waals surface area contributed by atoms with Crippen LogP contribution in [0.1, 0.15) is 6.42 Å². The number of H-pyrrole nitrogens is 1. The van der Waals surface area contributed by atoms with E-state index in [1.165, 1.54) is 12.2 Å². The third-order valence-corrected chi connectivity index (χ3v) is 4.68. The van der Waals surface area contributed by atoms with E-state index in [0.717, 1.165) is 30.0 Å². The largest absolute Gasteiger partial charge is 0.303 e. The van der Waals surface area contributed by atoms with Gasteiger partial charge in [0.1, 0.15) is 0 Å². The summed E-state index contributed by atoms with van der Waals surface area (Å²) in [7, 11) is 4.32. The van der Waals surface area contributed by atoms with E-state index in [2.05, 4.69) is 63.8 Å². The van der Waals surface area contributed by atoms with Crippen LogP contribution in [0.15, 0.2) is 48.7 Å². The molecule has 0 saturated carbocycles. The van der Waals surface area contributed by atoms with Crippen molar-refractivity contribution < 1.29 is 4.52 Å². The van der Waals surface area contributed by atoms with Gasteiger partial charge in [0.2, 0.25) is 5.82 Å². The first-order valence-corrected chi connectivity index (χ1v) is 8.09. The van der Waals surface area contributed by atoms with Crippen molar-refractivity contribution in [3.05, 3.63) is 48.7 Å². The number of fused-ring (bicyclic) bond motifs is 1. The molecule has 3 heterocycles. The monoisotopic (exact) mass is 308 g/mol. The highest BCUT2D eigenvalue weighted by Crippen LogP contribution is 2.24. The summed E-state index contributed by atoms with van der Waals surface area (Å²) in [5.74, 6) is 1.18. The molecule has 3 aromatic rings. The van der Waals surface area contributed by atoms with Gasteiger partial charge in [-0.15, -0.1) is 9.50 Å². The van der Waals surface area contributed by atoms with Gasteiger partial charge >= 0.3 is 0 Å². The molecule has 0 amide bonds. The van der Waals surface area contributed by atoms with Crippen molar-refractivity contribution in [2.45, 2.75) is 12.5 Å². The van der Waals surface area contributed by atoms with Crippen molar-refractivity contribution in [1.82, 2.24) is 15.0 Å². The highest BCUT2D eigenvalue weighted by Gasteiger charge is 2.31. The fourth-order valence-electron chi connectivity index (χ4n) is 3.30. The summed E-state index contributed by atoms with van der Waals surface area (Å²) < 4.78 is 2.07. The van der Waals surface area contributed by atoms with Crippen LogP contribution in [0.25, 0.3) is 16.9 Å². The van der Waals surface area contributed by atoms with Crippen LogP contribution in [0.3, 0.4) is 0 Å². The molecule has 0 radical (unpaired) electrons. The molecule has 0 unspecified atom stereocenters. The van der Waals surface area contributed by atoms with Crippen LogP contribution in [-0.4, -0.2) is 48.2 Å². The van der Waals surface area contributed by atoms with Gasteiger partial charge in [0.25, 0.3) is 5.65 Å². The summed E-state index contributed by atoms with van der Waals surface area (Å²) >= 11 is 0. The Morgan fingerprint density at radius 2 is 2.04 bits per heavy atom. The Morgan fingerprint density at radius 1 is 1.22 bits per heavy atom. The average molecular weight is 308 g/mol. The molecule has 1 atom stereocenters. The first-order valence-electron chi connectivity index (χ1n) is 8.09.